The third-order valence-electron chi connectivity index (χ3n) is 6.19. The van der Waals surface area contributed by atoms with Gasteiger partial charge in [-0.3, -0.25) is 4.79 Å². The molecule has 9 heteroatoms. The highest BCUT2D eigenvalue weighted by Gasteiger charge is 2.20. The number of thiophene rings is 1. The van der Waals surface area contributed by atoms with Crippen LogP contribution in [-0.4, -0.2) is 37.3 Å². The van der Waals surface area contributed by atoms with Gasteiger partial charge in [0.25, 0.3) is 0 Å². The summed E-state index contributed by atoms with van der Waals surface area (Å²) in [7, 11) is 4.78. The summed E-state index contributed by atoms with van der Waals surface area (Å²) in [5, 5.41) is 6.60. The average molecular weight is 579 g/mol. The topological polar surface area (TPSA) is 82.6 Å². The number of aromatic nitrogens is 2. The van der Waals surface area contributed by atoms with Crippen molar-refractivity contribution in [3.05, 3.63) is 38.3 Å². The molecule has 2 aromatic heterocycles. The number of aryl methyl sites for hydroxylation is 2. The molecule has 0 spiro atoms. The maximum absolute atomic E-state index is 11.2. The number of esters is 1. The second-order valence-corrected chi connectivity index (χ2v) is 10.7. The van der Waals surface area contributed by atoms with Crippen molar-refractivity contribution in [1.29, 1.82) is 0 Å². The predicted octanol–water partition coefficient (Wildman–Crippen LogP) is 7.40. The first kappa shape index (κ1) is 28.2. The summed E-state index contributed by atoms with van der Waals surface area (Å²) < 4.78 is 17.3. The normalized spacial score (nSPS) is 11.9. The van der Waals surface area contributed by atoms with Crippen molar-refractivity contribution in [2.24, 2.45) is 0 Å². The van der Waals surface area contributed by atoms with Gasteiger partial charge in [-0.25, -0.2) is 9.97 Å². The zero-order chi connectivity index (χ0) is 26.1. The Hall–Kier alpha value is -2.39. The molecule has 0 fully saturated rings. The lowest BCUT2D eigenvalue weighted by Crippen LogP contribution is -2.09. The molecule has 0 radical (unpaired) electrons. The predicted molar refractivity (Wildman–Crippen MR) is 149 cm³/mol. The third-order valence-corrected chi connectivity index (χ3v) is 8.07. The maximum Gasteiger partial charge on any atom is 0.305 e. The van der Waals surface area contributed by atoms with Crippen LogP contribution in [0.1, 0.15) is 74.2 Å². The summed E-state index contributed by atoms with van der Waals surface area (Å²) >= 11 is 5.25. The van der Waals surface area contributed by atoms with Crippen molar-refractivity contribution in [1.82, 2.24) is 9.97 Å². The number of rotatable bonds is 14. The first-order valence-corrected chi connectivity index (χ1v) is 14.0. The smallest absolute Gasteiger partial charge is 0.305 e. The highest BCUT2D eigenvalue weighted by molar-refractivity contribution is 9.10. The Morgan fingerprint density at radius 3 is 2.42 bits per heavy atom. The number of ether oxygens (including phenoxy) is 3. The van der Waals surface area contributed by atoms with E-state index in [4.69, 9.17) is 24.2 Å². The van der Waals surface area contributed by atoms with E-state index in [1.54, 1.807) is 25.6 Å². The molecular weight excluding hydrogens is 542 g/mol. The molecule has 0 saturated heterocycles. The Labute approximate surface area is 226 Å². The zero-order valence-electron chi connectivity index (χ0n) is 21.8. The number of unbranched alkanes of at least 4 members (excludes halogenated alkanes) is 5. The van der Waals surface area contributed by atoms with E-state index in [1.165, 1.54) is 12.0 Å². The molecular formula is C27H36BrN3O4S. The summed E-state index contributed by atoms with van der Waals surface area (Å²) in [4.78, 5) is 22.0. The van der Waals surface area contributed by atoms with Gasteiger partial charge >= 0.3 is 5.97 Å². The minimum absolute atomic E-state index is 0.0922. The van der Waals surface area contributed by atoms with Crippen molar-refractivity contribution in [3.8, 4) is 11.5 Å². The van der Waals surface area contributed by atoms with Gasteiger partial charge in [0.1, 0.15) is 11.6 Å². The number of fused-ring (bicyclic) bond motifs is 1. The molecule has 1 unspecified atom stereocenters. The summed E-state index contributed by atoms with van der Waals surface area (Å²) in [6, 6.07) is 4.19. The SMILES string of the molecule is COC(=O)CCCCCCCCc1c(OC)c(OC)cc2c(NC(C)c3cc(Br)cs3)nc(C)nc12. The van der Waals surface area contributed by atoms with E-state index in [2.05, 4.69) is 39.6 Å². The number of hydrogen-bond donors (Lipinski definition) is 1. The zero-order valence-corrected chi connectivity index (χ0v) is 24.2. The minimum Gasteiger partial charge on any atom is -0.493 e. The van der Waals surface area contributed by atoms with Crippen molar-refractivity contribution in [2.45, 2.75) is 71.3 Å². The quantitative estimate of drug-likeness (QED) is 0.158. The minimum atomic E-state index is -0.129. The molecule has 0 saturated carbocycles. The van der Waals surface area contributed by atoms with Crippen molar-refractivity contribution < 1.29 is 19.0 Å². The molecule has 1 N–H and O–H groups in total. The lowest BCUT2D eigenvalue weighted by atomic mass is 10.00. The summed E-state index contributed by atoms with van der Waals surface area (Å²) in [6.07, 6.45) is 7.61. The van der Waals surface area contributed by atoms with E-state index in [9.17, 15) is 4.79 Å². The molecule has 196 valence electrons. The van der Waals surface area contributed by atoms with Crippen LogP contribution in [0.2, 0.25) is 0 Å². The molecule has 7 nitrogen and oxygen atoms in total. The Bertz CT molecular complexity index is 1170. The standard InChI is InChI=1S/C27H36BrN3O4S/c1-17(23-14-19(28)16-36-23)29-27-21-15-22(33-3)26(35-5)20(25(21)30-18(2)31-27)12-10-8-6-7-9-11-13-24(32)34-4/h14-17H,6-13H2,1-5H3,(H,29,30,31). The molecule has 0 aliphatic heterocycles. The van der Waals surface area contributed by atoms with Crippen LogP contribution in [0.4, 0.5) is 5.82 Å². The first-order chi connectivity index (χ1) is 17.4. The van der Waals surface area contributed by atoms with Gasteiger partial charge in [-0.15, -0.1) is 11.3 Å². The molecule has 0 amide bonds. The lowest BCUT2D eigenvalue weighted by molar-refractivity contribution is -0.140. The number of anilines is 1. The summed E-state index contributed by atoms with van der Waals surface area (Å²) in [5.41, 5.74) is 1.96. The number of hydrogen-bond acceptors (Lipinski definition) is 8. The fraction of sp³-hybridized carbons (Fsp3) is 0.519. The molecule has 1 atom stereocenters. The number of carbonyl (C=O) groups excluding carboxylic acids is 1. The van der Waals surface area contributed by atoms with Gasteiger partial charge in [0.05, 0.1) is 32.9 Å². The van der Waals surface area contributed by atoms with Gasteiger partial charge in [-0.2, -0.15) is 0 Å². The van der Waals surface area contributed by atoms with Crippen LogP contribution >= 0.6 is 27.3 Å². The van der Waals surface area contributed by atoms with E-state index >= 15 is 0 Å². The van der Waals surface area contributed by atoms with Gasteiger partial charge in [0.15, 0.2) is 11.5 Å². The molecule has 0 aliphatic rings. The van der Waals surface area contributed by atoms with Crippen LogP contribution in [-0.2, 0) is 16.0 Å². The Balaban J connectivity index is 1.78. The van der Waals surface area contributed by atoms with Gasteiger partial charge < -0.3 is 19.5 Å². The van der Waals surface area contributed by atoms with Crippen LogP contribution in [0.5, 0.6) is 11.5 Å². The number of nitrogens with one attached hydrogen (secondary N) is 1. The third kappa shape index (κ3) is 7.32. The Morgan fingerprint density at radius 2 is 1.78 bits per heavy atom. The molecule has 3 aromatic rings. The highest BCUT2D eigenvalue weighted by Crippen LogP contribution is 2.40. The number of halogens is 1. The maximum atomic E-state index is 11.2. The molecule has 1 aromatic carbocycles. The van der Waals surface area contributed by atoms with Crippen LogP contribution in [0.25, 0.3) is 10.9 Å². The average Bonchev–Trinajstić information content (AvgIpc) is 3.31. The Kier molecular flexibility index (Phi) is 10.8. The van der Waals surface area contributed by atoms with Crippen molar-refractivity contribution in [3.63, 3.8) is 0 Å². The monoisotopic (exact) mass is 577 g/mol. The second-order valence-electron chi connectivity index (χ2n) is 8.84. The molecule has 36 heavy (non-hydrogen) atoms. The van der Waals surface area contributed by atoms with E-state index in [1.807, 2.05) is 13.0 Å². The summed E-state index contributed by atoms with van der Waals surface area (Å²) in [5.74, 6) is 2.80. The number of carbonyl (C=O) groups is 1. The van der Waals surface area contributed by atoms with Crippen molar-refractivity contribution >= 4 is 50.0 Å². The van der Waals surface area contributed by atoms with Crippen LogP contribution in [0.15, 0.2) is 22.0 Å². The fourth-order valence-corrected chi connectivity index (χ4v) is 5.78. The van der Waals surface area contributed by atoms with Gasteiger partial charge in [-0.1, -0.05) is 25.7 Å². The second kappa shape index (κ2) is 13.8. The largest absolute Gasteiger partial charge is 0.493 e. The molecule has 2 heterocycles. The van der Waals surface area contributed by atoms with Crippen LogP contribution in [0, 0.1) is 6.92 Å². The summed E-state index contributed by atoms with van der Waals surface area (Å²) in [6.45, 7) is 4.06. The number of benzene rings is 1. The van der Waals surface area contributed by atoms with Crippen LogP contribution in [0.3, 0.4) is 0 Å². The molecule has 3 rings (SSSR count). The fourth-order valence-electron chi connectivity index (χ4n) is 4.33. The van der Waals surface area contributed by atoms with E-state index in [-0.39, 0.29) is 12.0 Å². The van der Waals surface area contributed by atoms with E-state index < -0.39 is 0 Å². The van der Waals surface area contributed by atoms with Crippen LogP contribution < -0.4 is 14.8 Å². The van der Waals surface area contributed by atoms with Gasteiger partial charge in [0, 0.05) is 32.1 Å². The van der Waals surface area contributed by atoms with Crippen molar-refractivity contribution in [2.75, 3.05) is 26.6 Å². The Morgan fingerprint density at radius 1 is 1.06 bits per heavy atom. The first-order valence-electron chi connectivity index (χ1n) is 12.4. The number of methoxy groups -OCH3 is 3. The molecule has 0 aliphatic carbocycles. The lowest BCUT2D eigenvalue weighted by Gasteiger charge is -2.19. The number of nitrogens with zero attached hydrogens (tertiary/aromatic N) is 2. The highest BCUT2D eigenvalue weighted by atomic mass is 79.9. The van der Waals surface area contributed by atoms with E-state index in [0.29, 0.717) is 18.0 Å². The molecule has 0 bridgehead atoms. The van der Waals surface area contributed by atoms with Gasteiger partial charge in [0.2, 0.25) is 0 Å². The van der Waals surface area contributed by atoms with E-state index in [0.717, 1.165) is 77.5 Å². The van der Waals surface area contributed by atoms with Gasteiger partial charge in [-0.05, 0) is 61.2 Å².